The molecule has 0 unspecified atom stereocenters. The number of carbonyl (C=O) groups excluding carboxylic acids is 1. The summed E-state index contributed by atoms with van der Waals surface area (Å²) in [5.41, 5.74) is 1.87. The minimum Gasteiger partial charge on any atom is -0.496 e. The lowest BCUT2D eigenvalue weighted by Crippen LogP contribution is -2.24. The highest BCUT2D eigenvalue weighted by Gasteiger charge is 2.08. The summed E-state index contributed by atoms with van der Waals surface area (Å²) in [4.78, 5) is 12.2. The summed E-state index contributed by atoms with van der Waals surface area (Å²) >= 11 is 0. The summed E-state index contributed by atoms with van der Waals surface area (Å²) in [5, 5.41) is 6.22. The lowest BCUT2D eigenvalue weighted by molar-refractivity contribution is -0.116. The van der Waals surface area contributed by atoms with Crippen LogP contribution in [0.25, 0.3) is 0 Å². The number of amides is 1. The van der Waals surface area contributed by atoms with E-state index in [4.69, 9.17) is 9.47 Å². The minimum absolute atomic E-state index is 0.0328. The maximum atomic E-state index is 12.2. The zero-order valence-electron chi connectivity index (χ0n) is 15.7. The third-order valence-corrected chi connectivity index (χ3v) is 3.82. The van der Waals surface area contributed by atoms with Crippen LogP contribution in [0.3, 0.4) is 0 Å². The molecule has 0 atom stereocenters. The van der Waals surface area contributed by atoms with Crippen molar-refractivity contribution in [2.24, 2.45) is 0 Å². The SMILES string of the molecule is COc1ccccc1CCNCCC(=O)Nc1ccccc1OC(C)C. The number of ether oxygens (including phenoxy) is 2. The molecule has 5 heteroatoms. The molecule has 0 saturated heterocycles. The molecule has 0 aliphatic heterocycles. The first-order valence-corrected chi connectivity index (χ1v) is 8.98. The molecule has 140 valence electrons. The summed E-state index contributed by atoms with van der Waals surface area (Å²) in [6.45, 7) is 5.34. The van der Waals surface area contributed by atoms with E-state index in [0.717, 1.165) is 24.3 Å². The molecule has 2 rings (SSSR count). The van der Waals surface area contributed by atoms with Gasteiger partial charge in [0, 0.05) is 13.0 Å². The second-order valence-electron chi connectivity index (χ2n) is 6.27. The fraction of sp³-hybridized carbons (Fsp3) is 0.381. The summed E-state index contributed by atoms with van der Waals surface area (Å²) < 4.78 is 11.1. The zero-order chi connectivity index (χ0) is 18.8. The molecule has 26 heavy (non-hydrogen) atoms. The molecule has 2 aromatic rings. The second kappa shape index (κ2) is 10.5. The number of methoxy groups -OCH3 is 1. The van der Waals surface area contributed by atoms with Crippen LogP contribution < -0.4 is 20.1 Å². The Balaban J connectivity index is 1.73. The van der Waals surface area contributed by atoms with Gasteiger partial charge in [-0.25, -0.2) is 0 Å². The largest absolute Gasteiger partial charge is 0.496 e. The van der Waals surface area contributed by atoms with Crippen molar-refractivity contribution in [1.82, 2.24) is 5.32 Å². The normalized spacial score (nSPS) is 10.6. The third kappa shape index (κ3) is 6.41. The number of benzene rings is 2. The predicted molar refractivity (Wildman–Crippen MR) is 105 cm³/mol. The van der Waals surface area contributed by atoms with Gasteiger partial charge in [-0.15, -0.1) is 0 Å². The van der Waals surface area contributed by atoms with Crippen molar-refractivity contribution >= 4 is 11.6 Å². The van der Waals surface area contributed by atoms with Crippen molar-refractivity contribution in [3.05, 3.63) is 54.1 Å². The van der Waals surface area contributed by atoms with Gasteiger partial charge in [-0.05, 0) is 50.6 Å². The molecule has 0 heterocycles. The third-order valence-electron chi connectivity index (χ3n) is 3.82. The van der Waals surface area contributed by atoms with E-state index >= 15 is 0 Å². The average molecular weight is 356 g/mol. The summed E-state index contributed by atoms with van der Waals surface area (Å²) in [6, 6.07) is 15.5. The van der Waals surface area contributed by atoms with Gasteiger partial charge in [-0.1, -0.05) is 30.3 Å². The molecule has 0 aliphatic carbocycles. The van der Waals surface area contributed by atoms with Crippen LogP contribution in [0.5, 0.6) is 11.5 Å². The van der Waals surface area contributed by atoms with Crippen LogP contribution in [-0.2, 0) is 11.2 Å². The van der Waals surface area contributed by atoms with Crippen molar-refractivity contribution in [1.29, 1.82) is 0 Å². The van der Waals surface area contributed by atoms with Gasteiger partial charge in [0.25, 0.3) is 0 Å². The van der Waals surface area contributed by atoms with Crippen molar-refractivity contribution in [3.8, 4) is 11.5 Å². The molecule has 0 aromatic heterocycles. The maximum Gasteiger partial charge on any atom is 0.225 e. The van der Waals surface area contributed by atoms with Crippen LogP contribution in [0, 0.1) is 0 Å². The molecule has 1 amide bonds. The summed E-state index contributed by atoms with van der Waals surface area (Å²) in [5.74, 6) is 1.56. The fourth-order valence-electron chi connectivity index (χ4n) is 2.60. The maximum absolute atomic E-state index is 12.2. The van der Waals surface area contributed by atoms with Gasteiger partial charge < -0.3 is 20.1 Å². The first kappa shape index (κ1) is 19.8. The Bertz CT molecular complexity index is 701. The van der Waals surface area contributed by atoms with Crippen LogP contribution in [-0.4, -0.2) is 32.2 Å². The Morgan fingerprint density at radius 1 is 1.00 bits per heavy atom. The minimum atomic E-state index is -0.0328. The van der Waals surface area contributed by atoms with Crippen LogP contribution >= 0.6 is 0 Å². The van der Waals surface area contributed by atoms with Crippen LogP contribution in [0.15, 0.2) is 48.5 Å². The van der Waals surface area contributed by atoms with Gasteiger partial charge in [-0.3, -0.25) is 4.79 Å². The Hall–Kier alpha value is -2.53. The van der Waals surface area contributed by atoms with Gasteiger partial charge in [0.2, 0.25) is 5.91 Å². The molecule has 2 N–H and O–H groups in total. The Morgan fingerprint density at radius 3 is 2.42 bits per heavy atom. The predicted octanol–water partition coefficient (Wildman–Crippen LogP) is 3.64. The Kier molecular flexibility index (Phi) is 7.96. The van der Waals surface area contributed by atoms with Crippen molar-refractivity contribution in [2.45, 2.75) is 32.8 Å². The Labute approximate surface area is 155 Å². The topological polar surface area (TPSA) is 59.6 Å². The van der Waals surface area contributed by atoms with E-state index in [1.165, 1.54) is 0 Å². The summed E-state index contributed by atoms with van der Waals surface area (Å²) in [6.07, 6.45) is 1.32. The molecule has 0 bridgehead atoms. The van der Waals surface area contributed by atoms with Gasteiger partial charge >= 0.3 is 0 Å². The van der Waals surface area contributed by atoms with Gasteiger partial charge in [-0.2, -0.15) is 0 Å². The zero-order valence-corrected chi connectivity index (χ0v) is 15.7. The van der Waals surface area contributed by atoms with Gasteiger partial charge in [0.05, 0.1) is 18.9 Å². The van der Waals surface area contributed by atoms with Crippen molar-refractivity contribution in [3.63, 3.8) is 0 Å². The highest BCUT2D eigenvalue weighted by molar-refractivity contribution is 5.92. The first-order chi connectivity index (χ1) is 12.6. The molecule has 0 aliphatic rings. The van der Waals surface area contributed by atoms with Crippen molar-refractivity contribution in [2.75, 3.05) is 25.5 Å². The summed E-state index contributed by atoms with van der Waals surface area (Å²) in [7, 11) is 1.68. The molecule has 0 saturated carbocycles. The van der Waals surface area contributed by atoms with E-state index in [2.05, 4.69) is 16.7 Å². The number of nitrogens with one attached hydrogen (secondary N) is 2. The molecule has 0 radical (unpaired) electrons. The average Bonchev–Trinajstić information content (AvgIpc) is 2.63. The molecule has 2 aromatic carbocycles. The number of rotatable bonds is 10. The Morgan fingerprint density at radius 2 is 1.69 bits per heavy atom. The van der Waals surface area contributed by atoms with Crippen LogP contribution in [0.4, 0.5) is 5.69 Å². The van der Waals surface area contributed by atoms with Crippen LogP contribution in [0.1, 0.15) is 25.8 Å². The number of carbonyl (C=O) groups is 1. The number of para-hydroxylation sites is 3. The lowest BCUT2D eigenvalue weighted by atomic mass is 10.1. The fourth-order valence-corrected chi connectivity index (χ4v) is 2.60. The first-order valence-electron chi connectivity index (χ1n) is 8.98. The standard InChI is InChI=1S/C21H28N2O3/c1-16(2)26-20-11-7-5-9-18(20)23-21(24)13-15-22-14-12-17-8-4-6-10-19(17)25-3/h4-11,16,22H,12-15H2,1-3H3,(H,23,24). The highest BCUT2D eigenvalue weighted by atomic mass is 16.5. The molecular formula is C21H28N2O3. The quantitative estimate of drug-likeness (QED) is 0.638. The highest BCUT2D eigenvalue weighted by Crippen LogP contribution is 2.24. The van der Waals surface area contributed by atoms with Gasteiger partial charge in [0.1, 0.15) is 11.5 Å². The van der Waals surface area contributed by atoms with E-state index in [-0.39, 0.29) is 12.0 Å². The van der Waals surface area contributed by atoms with E-state index in [1.54, 1.807) is 7.11 Å². The smallest absolute Gasteiger partial charge is 0.225 e. The van der Waals surface area contributed by atoms with E-state index in [1.807, 2.05) is 56.3 Å². The van der Waals surface area contributed by atoms with E-state index in [0.29, 0.717) is 24.4 Å². The van der Waals surface area contributed by atoms with Gasteiger partial charge in [0.15, 0.2) is 0 Å². The second-order valence-corrected chi connectivity index (χ2v) is 6.27. The van der Waals surface area contributed by atoms with E-state index < -0.39 is 0 Å². The molecule has 0 fully saturated rings. The van der Waals surface area contributed by atoms with Crippen LogP contribution in [0.2, 0.25) is 0 Å². The lowest BCUT2D eigenvalue weighted by Gasteiger charge is -2.15. The van der Waals surface area contributed by atoms with E-state index in [9.17, 15) is 4.79 Å². The number of hydrogen-bond acceptors (Lipinski definition) is 4. The molecule has 5 nitrogen and oxygen atoms in total. The monoisotopic (exact) mass is 356 g/mol. The number of hydrogen-bond donors (Lipinski definition) is 2. The molecule has 0 spiro atoms. The number of anilines is 1. The van der Waals surface area contributed by atoms with Crippen molar-refractivity contribution < 1.29 is 14.3 Å². The molecular weight excluding hydrogens is 328 g/mol.